The molecule has 2 aliphatic heterocycles. The second-order valence-electron chi connectivity index (χ2n) is 8.23. The van der Waals surface area contributed by atoms with E-state index in [9.17, 15) is 14.6 Å². The molecule has 3 atom stereocenters. The zero-order valence-corrected chi connectivity index (χ0v) is 16.6. The number of halogens is 1. The van der Waals surface area contributed by atoms with Gasteiger partial charge in [-0.3, -0.25) is 0 Å². The molecule has 1 saturated heterocycles. The minimum Gasteiger partial charge on any atom is -0.484 e. The summed E-state index contributed by atoms with van der Waals surface area (Å²) in [5.74, 6) is 0.682. The van der Waals surface area contributed by atoms with Crippen molar-refractivity contribution in [3.63, 3.8) is 0 Å². The average molecular weight is 413 g/mol. The van der Waals surface area contributed by atoms with Gasteiger partial charge in [-0.1, -0.05) is 0 Å². The molecule has 4 heterocycles. The van der Waals surface area contributed by atoms with Gasteiger partial charge in [-0.25, -0.2) is 13.9 Å². The van der Waals surface area contributed by atoms with Crippen LogP contribution in [0.3, 0.4) is 0 Å². The van der Waals surface area contributed by atoms with E-state index in [1.165, 1.54) is 0 Å². The number of fused-ring (bicyclic) bond motifs is 2. The molecule has 30 heavy (non-hydrogen) atoms. The third-order valence-corrected chi connectivity index (χ3v) is 5.80. The molecule has 0 bridgehead atoms. The van der Waals surface area contributed by atoms with E-state index in [1.807, 2.05) is 24.0 Å². The lowest BCUT2D eigenvalue weighted by Crippen LogP contribution is -2.34. The summed E-state index contributed by atoms with van der Waals surface area (Å²) >= 11 is 0. The molecule has 1 aromatic carbocycles. The first-order valence-corrected chi connectivity index (χ1v) is 10.0. The van der Waals surface area contributed by atoms with Gasteiger partial charge in [-0.2, -0.15) is 5.10 Å². The summed E-state index contributed by atoms with van der Waals surface area (Å²) in [5.41, 5.74) is 2.79. The number of hydrogen-bond donors (Lipinski definition) is 3. The Hall–Kier alpha value is -2.91. The van der Waals surface area contributed by atoms with E-state index in [0.717, 1.165) is 11.3 Å². The number of ether oxygens (including phenoxy) is 1. The molecule has 2 aliphatic rings. The van der Waals surface area contributed by atoms with Crippen LogP contribution in [0.4, 0.5) is 15.8 Å². The lowest BCUT2D eigenvalue weighted by Gasteiger charge is -2.25. The van der Waals surface area contributed by atoms with Crippen LogP contribution in [0.2, 0.25) is 0 Å². The number of alkyl halides is 1. The Labute approximate surface area is 172 Å². The largest absolute Gasteiger partial charge is 0.484 e. The van der Waals surface area contributed by atoms with Crippen molar-refractivity contribution >= 4 is 17.0 Å². The standard InChI is InChI=1S/C21H24FN5O3/c1-21(12-28)9-13-7-16(17(8-18(13)30-21)26-6-3-14(22)11-26)25-20(29)15-10-24-27-5-2-4-23-19(15)27/h2,4-5,7-8,10,14,20,25,28-29H,3,6,9,11-12H2,1H3/t14-,20?,21-/m1/s1. The Morgan fingerprint density at radius 2 is 2.30 bits per heavy atom. The maximum Gasteiger partial charge on any atom is 0.162 e. The van der Waals surface area contributed by atoms with Crippen molar-refractivity contribution in [2.24, 2.45) is 0 Å². The fourth-order valence-corrected chi connectivity index (χ4v) is 4.22. The lowest BCUT2D eigenvalue weighted by molar-refractivity contribution is 0.0447. The van der Waals surface area contributed by atoms with Crippen LogP contribution >= 0.6 is 0 Å². The van der Waals surface area contributed by atoms with E-state index < -0.39 is 18.0 Å². The molecule has 9 heteroatoms. The second kappa shape index (κ2) is 7.10. The van der Waals surface area contributed by atoms with Crippen LogP contribution in [0.15, 0.2) is 36.8 Å². The highest BCUT2D eigenvalue weighted by Gasteiger charge is 2.36. The van der Waals surface area contributed by atoms with Crippen molar-refractivity contribution in [3.05, 3.63) is 47.9 Å². The molecule has 0 spiro atoms. The summed E-state index contributed by atoms with van der Waals surface area (Å²) in [5, 5.41) is 28.0. The quantitative estimate of drug-likeness (QED) is 0.551. The second-order valence-corrected chi connectivity index (χ2v) is 8.23. The Morgan fingerprint density at radius 1 is 1.43 bits per heavy atom. The van der Waals surface area contributed by atoms with Crippen LogP contribution in [0.1, 0.15) is 30.7 Å². The third kappa shape index (κ3) is 3.23. The van der Waals surface area contributed by atoms with Crippen molar-refractivity contribution in [2.45, 2.75) is 37.8 Å². The smallest absolute Gasteiger partial charge is 0.162 e. The molecule has 3 aromatic rings. The summed E-state index contributed by atoms with van der Waals surface area (Å²) in [7, 11) is 0. The Kier molecular flexibility index (Phi) is 4.52. The summed E-state index contributed by atoms with van der Waals surface area (Å²) in [6, 6.07) is 5.55. The number of aromatic nitrogens is 3. The van der Waals surface area contributed by atoms with Gasteiger partial charge in [0.05, 0.1) is 29.7 Å². The first kappa shape index (κ1) is 19.1. The van der Waals surface area contributed by atoms with Gasteiger partial charge in [0.15, 0.2) is 11.9 Å². The molecular formula is C21H24FN5O3. The zero-order chi connectivity index (χ0) is 20.9. The van der Waals surface area contributed by atoms with Gasteiger partial charge in [0, 0.05) is 43.5 Å². The van der Waals surface area contributed by atoms with Crippen LogP contribution in [-0.4, -0.2) is 56.3 Å². The van der Waals surface area contributed by atoms with E-state index in [4.69, 9.17) is 4.74 Å². The maximum atomic E-state index is 13.9. The van der Waals surface area contributed by atoms with E-state index in [0.29, 0.717) is 48.6 Å². The molecule has 0 amide bonds. The van der Waals surface area contributed by atoms with Gasteiger partial charge < -0.3 is 25.2 Å². The number of aliphatic hydroxyl groups excluding tert-OH is 2. The molecule has 0 aliphatic carbocycles. The number of aliphatic hydroxyl groups is 2. The monoisotopic (exact) mass is 413 g/mol. The Morgan fingerprint density at radius 3 is 3.07 bits per heavy atom. The van der Waals surface area contributed by atoms with Crippen molar-refractivity contribution < 1.29 is 19.3 Å². The molecule has 5 rings (SSSR count). The van der Waals surface area contributed by atoms with Crippen LogP contribution in [-0.2, 0) is 6.42 Å². The Bertz CT molecular complexity index is 1090. The molecule has 1 unspecified atom stereocenters. The molecular weight excluding hydrogens is 389 g/mol. The number of benzene rings is 1. The molecule has 2 aromatic heterocycles. The molecule has 1 fully saturated rings. The highest BCUT2D eigenvalue weighted by molar-refractivity contribution is 5.75. The molecule has 3 N–H and O–H groups in total. The number of rotatable bonds is 5. The van der Waals surface area contributed by atoms with Gasteiger partial charge in [0.1, 0.15) is 17.5 Å². The first-order chi connectivity index (χ1) is 14.5. The maximum absolute atomic E-state index is 13.9. The van der Waals surface area contributed by atoms with Crippen molar-refractivity contribution in [3.8, 4) is 5.75 Å². The molecule has 0 saturated carbocycles. The van der Waals surface area contributed by atoms with E-state index in [-0.39, 0.29) is 6.61 Å². The van der Waals surface area contributed by atoms with Gasteiger partial charge in [0.25, 0.3) is 0 Å². The highest BCUT2D eigenvalue weighted by Crippen LogP contribution is 2.43. The summed E-state index contributed by atoms with van der Waals surface area (Å²) in [6.45, 7) is 2.62. The van der Waals surface area contributed by atoms with Gasteiger partial charge >= 0.3 is 0 Å². The van der Waals surface area contributed by atoms with Crippen LogP contribution in [0.5, 0.6) is 5.75 Å². The SMILES string of the molecule is C[C@]1(CO)Cc2cc(NC(O)c3cnn4cccnc34)c(N3CC[C@@H](F)C3)cc2O1. The number of hydrogen-bond acceptors (Lipinski definition) is 7. The molecule has 158 valence electrons. The molecule has 8 nitrogen and oxygen atoms in total. The topological polar surface area (TPSA) is 95.1 Å². The van der Waals surface area contributed by atoms with Crippen LogP contribution in [0.25, 0.3) is 5.65 Å². The first-order valence-electron chi connectivity index (χ1n) is 10.0. The van der Waals surface area contributed by atoms with Crippen molar-refractivity contribution in [1.29, 1.82) is 0 Å². The van der Waals surface area contributed by atoms with Gasteiger partial charge in [-0.05, 0) is 25.5 Å². The van der Waals surface area contributed by atoms with Crippen LogP contribution < -0.4 is 15.0 Å². The summed E-state index contributed by atoms with van der Waals surface area (Å²) in [4.78, 5) is 6.25. The normalized spacial score (nSPS) is 24.1. The van der Waals surface area contributed by atoms with Gasteiger partial charge in [-0.15, -0.1) is 0 Å². The predicted molar refractivity (Wildman–Crippen MR) is 110 cm³/mol. The third-order valence-electron chi connectivity index (χ3n) is 5.80. The van der Waals surface area contributed by atoms with E-state index in [1.54, 1.807) is 29.2 Å². The Balaban J connectivity index is 1.51. The lowest BCUT2D eigenvalue weighted by atomic mass is 9.99. The number of nitrogens with one attached hydrogen (secondary N) is 1. The van der Waals surface area contributed by atoms with Crippen molar-refractivity contribution in [1.82, 2.24) is 14.6 Å². The minimum absolute atomic E-state index is 0.104. The predicted octanol–water partition coefficient (Wildman–Crippen LogP) is 2.07. The zero-order valence-electron chi connectivity index (χ0n) is 16.6. The number of anilines is 2. The molecule has 0 radical (unpaired) electrons. The van der Waals surface area contributed by atoms with E-state index in [2.05, 4.69) is 15.4 Å². The highest BCUT2D eigenvalue weighted by atomic mass is 19.1. The fraction of sp³-hybridized carbons (Fsp3) is 0.429. The fourth-order valence-electron chi connectivity index (χ4n) is 4.22. The number of nitrogens with zero attached hydrogens (tertiary/aromatic N) is 4. The van der Waals surface area contributed by atoms with Crippen molar-refractivity contribution in [2.75, 3.05) is 29.9 Å². The summed E-state index contributed by atoms with van der Waals surface area (Å²) < 4.78 is 21.5. The minimum atomic E-state index is -1.05. The average Bonchev–Trinajstić information content (AvgIpc) is 3.43. The summed E-state index contributed by atoms with van der Waals surface area (Å²) in [6.07, 6.45) is 4.06. The van der Waals surface area contributed by atoms with Crippen LogP contribution in [0, 0.1) is 0 Å². The van der Waals surface area contributed by atoms with Gasteiger partial charge in [0.2, 0.25) is 0 Å². The van der Waals surface area contributed by atoms with E-state index >= 15 is 0 Å².